The molecule has 0 spiro atoms. The lowest BCUT2D eigenvalue weighted by atomic mass is 10.0. The zero-order valence-corrected chi connectivity index (χ0v) is 8.63. The van der Waals surface area contributed by atoms with Gasteiger partial charge in [0.2, 0.25) is 0 Å². The highest BCUT2D eigenvalue weighted by molar-refractivity contribution is 5.73. The third kappa shape index (κ3) is 1.35. The summed E-state index contributed by atoms with van der Waals surface area (Å²) in [7, 11) is 1.74. The molecule has 2 rings (SSSR count). The Balaban J connectivity index is 2.51. The number of ether oxygens (including phenoxy) is 1. The molecule has 0 aromatic heterocycles. The standard InChI is InChI=1S/C11H13NO2/c1-7-4-8(2)9-6-12(3)11(13)14-10(9)5-7/h4-5H,6H2,1-3H3. The van der Waals surface area contributed by atoms with Gasteiger partial charge in [-0.25, -0.2) is 4.79 Å². The van der Waals surface area contributed by atoms with Gasteiger partial charge in [-0.3, -0.25) is 0 Å². The van der Waals surface area contributed by atoms with Gasteiger partial charge in [-0.05, 0) is 31.0 Å². The summed E-state index contributed by atoms with van der Waals surface area (Å²) in [5, 5.41) is 0. The van der Waals surface area contributed by atoms with Crippen molar-refractivity contribution >= 4 is 6.09 Å². The van der Waals surface area contributed by atoms with Crippen LogP contribution in [0.3, 0.4) is 0 Å². The van der Waals surface area contributed by atoms with Gasteiger partial charge >= 0.3 is 6.09 Å². The predicted octanol–water partition coefficient (Wildman–Crippen LogP) is 2.25. The van der Waals surface area contributed by atoms with Crippen LogP contribution in [0.4, 0.5) is 4.79 Å². The van der Waals surface area contributed by atoms with Crippen molar-refractivity contribution in [3.63, 3.8) is 0 Å². The van der Waals surface area contributed by atoms with E-state index in [4.69, 9.17) is 4.74 Å². The summed E-state index contributed by atoms with van der Waals surface area (Å²) < 4.78 is 5.19. The Labute approximate surface area is 83.3 Å². The number of rotatable bonds is 0. The van der Waals surface area contributed by atoms with Gasteiger partial charge in [-0.15, -0.1) is 0 Å². The van der Waals surface area contributed by atoms with Crippen LogP contribution in [0, 0.1) is 13.8 Å². The highest BCUT2D eigenvalue weighted by Crippen LogP contribution is 2.29. The summed E-state index contributed by atoms with van der Waals surface area (Å²) in [6, 6.07) is 4.01. The van der Waals surface area contributed by atoms with Crippen LogP contribution in [0.1, 0.15) is 16.7 Å². The maximum atomic E-state index is 11.3. The van der Waals surface area contributed by atoms with Crippen LogP contribution in [-0.4, -0.2) is 18.0 Å². The molecule has 0 saturated heterocycles. The minimum atomic E-state index is -0.275. The minimum absolute atomic E-state index is 0.275. The summed E-state index contributed by atoms with van der Waals surface area (Å²) >= 11 is 0. The number of fused-ring (bicyclic) bond motifs is 1. The summed E-state index contributed by atoms with van der Waals surface area (Å²) in [6.45, 7) is 4.68. The van der Waals surface area contributed by atoms with Crippen molar-refractivity contribution < 1.29 is 9.53 Å². The van der Waals surface area contributed by atoms with E-state index in [0.717, 1.165) is 11.1 Å². The first-order valence-corrected chi connectivity index (χ1v) is 4.61. The minimum Gasteiger partial charge on any atom is -0.410 e. The van der Waals surface area contributed by atoms with Crippen LogP contribution >= 0.6 is 0 Å². The molecule has 3 nitrogen and oxygen atoms in total. The Kier molecular flexibility index (Phi) is 1.95. The second-order valence-electron chi connectivity index (χ2n) is 3.78. The van der Waals surface area contributed by atoms with Crippen molar-refractivity contribution in [2.45, 2.75) is 20.4 Å². The largest absolute Gasteiger partial charge is 0.415 e. The Morgan fingerprint density at radius 3 is 2.79 bits per heavy atom. The van der Waals surface area contributed by atoms with E-state index in [1.165, 1.54) is 5.56 Å². The van der Waals surface area contributed by atoms with Gasteiger partial charge in [0.15, 0.2) is 0 Å². The van der Waals surface area contributed by atoms with Gasteiger partial charge in [-0.1, -0.05) is 6.07 Å². The number of benzene rings is 1. The molecule has 0 radical (unpaired) electrons. The van der Waals surface area contributed by atoms with Gasteiger partial charge in [0, 0.05) is 12.6 Å². The molecule has 0 atom stereocenters. The van der Waals surface area contributed by atoms with E-state index < -0.39 is 0 Å². The van der Waals surface area contributed by atoms with Crippen molar-refractivity contribution in [2.24, 2.45) is 0 Å². The molecule has 1 heterocycles. The molecule has 0 saturated carbocycles. The van der Waals surface area contributed by atoms with Gasteiger partial charge < -0.3 is 9.64 Å². The second kappa shape index (κ2) is 3.01. The predicted molar refractivity (Wildman–Crippen MR) is 53.4 cm³/mol. The third-order valence-corrected chi connectivity index (χ3v) is 2.48. The first kappa shape index (κ1) is 9.06. The lowest BCUT2D eigenvalue weighted by Crippen LogP contribution is -2.34. The van der Waals surface area contributed by atoms with E-state index in [0.29, 0.717) is 12.3 Å². The molecular formula is C11H13NO2. The van der Waals surface area contributed by atoms with Crippen LogP contribution in [0.2, 0.25) is 0 Å². The molecule has 1 aromatic rings. The smallest absolute Gasteiger partial charge is 0.410 e. The van der Waals surface area contributed by atoms with Crippen molar-refractivity contribution in [1.82, 2.24) is 4.90 Å². The third-order valence-electron chi connectivity index (χ3n) is 2.48. The Morgan fingerprint density at radius 1 is 1.36 bits per heavy atom. The van der Waals surface area contributed by atoms with Crippen LogP contribution in [0.25, 0.3) is 0 Å². The zero-order valence-electron chi connectivity index (χ0n) is 8.63. The highest BCUT2D eigenvalue weighted by atomic mass is 16.6. The van der Waals surface area contributed by atoms with E-state index in [9.17, 15) is 4.79 Å². The molecule has 14 heavy (non-hydrogen) atoms. The topological polar surface area (TPSA) is 29.5 Å². The molecule has 0 aliphatic carbocycles. The number of carbonyl (C=O) groups excluding carboxylic acids is 1. The van der Waals surface area contributed by atoms with E-state index in [1.807, 2.05) is 19.9 Å². The second-order valence-corrected chi connectivity index (χ2v) is 3.78. The molecule has 1 aromatic carbocycles. The zero-order chi connectivity index (χ0) is 10.3. The number of aryl methyl sites for hydroxylation is 2. The fourth-order valence-electron chi connectivity index (χ4n) is 1.73. The van der Waals surface area contributed by atoms with E-state index in [1.54, 1.807) is 11.9 Å². The Hall–Kier alpha value is -1.51. The number of amides is 1. The lowest BCUT2D eigenvalue weighted by Gasteiger charge is -2.26. The summed E-state index contributed by atoms with van der Waals surface area (Å²) in [5.41, 5.74) is 3.41. The van der Waals surface area contributed by atoms with Crippen molar-refractivity contribution in [2.75, 3.05) is 7.05 Å². The molecule has 3 heteroatoms. The normalized spacial score (nSPS) is 15.1. The maximum absolute atomic E-state index is 11.3. The molecular weight excluding hydrogens is 178 g/mol. The Bertz CT molecular complexity index is 399. The average Bonchev–Trinajstić information content (AvgIpc) is 2.08. The van der Waals surface area contributed by atoms with Gasteiger partial charge in [-0.2, -0.15) is 0 Å². The van der Waals surface area contributed by atoms with Gasteiger partial charge in [0.25, 0.3) is 0 Å². The number of hydrogen-bond donors (Lipinski definition) is 0. The SMILES string of the molecule is Cc1cc(C)c2c(c1)OC(=O)N(C)C2. The Morgan fingerprint density at radius 2 is 2.07 bits per heavy atom. The fourth-order valence-corrected chi connectivity index (χ4v) is 1.73. The number of hydrogen-bond acceptors (Lipinski definition) is 2. The first-order chi connectivity index (χ1) is 6.58. The molecule has 0 N–H and O–H groups in total. The lowest BCUT2D eigenvalue weighted by molar-refractivity contribution is 0.150. The highest BCUT2D eigenvalue weighted by Gasteiger charge is 2.22. The van der Waals surface area contributed by atoms with Crippen molar-refractivity contribution in [3.05, 3.63) is 28.8 Å². The monoisotopic (exact) mass is 191 g/mol. The van der Waals surface area contributed by atoms with E-state index in [-0.39, 0.29) is 6.09 Å². The van der Waals surface area contributed by atoms with Gasteiger partial charge in [0.05, 0.1) is 6.54 Å². The van der Waals surface area contributed by atoms with Crippen LogP contribution in [0.5, 0.6) is 5.75 Å². The van der Waals surface area contributed by atoms with Crippen LogP contribution in [0.15, 0.2) is 12.1 Å². The summed E-state index contributed by atoms with van der Waals surface area (Å²) in [5.74, 6) is 0.714. The first-order valence-electron chi connectivity index (χ1n) is 4.61. The molecule has 74 valence electrons. The van der Waals surface area contributed by atoms with Crippen LogP contribution in [-0.2, 0) is 6.54 Å². The molecule has 0 bridgehead atoms. The van der Waals surface area contributed by atoms with Crippen molar-refractivity contribution in [1.29, 1.82) is 0 Å². The van der Waals surface area contributed by atoms with E-state index >= 15 is 0 Å². The van der Waals surface area contributed by atoms with Gasteiger partial charge in [0.1, 0.15) is 5.75 Å². The van der Waals surface area contributed by atoms with Crippen LogP contribution < -0.4 is 4.74 Å². The molecule has 0 unspecified atom stereocenters. The molecule has 1 amide bonds. The van der Waals surface area contributed by atoms with Crippen molar-refractivity contribution in [3.8, 4) is 5.75 Å². The average molecular weight is 191 g/mol. The van der Waals surface area contributed by atoms with E-state index in [2.05, 4.69) is 6.07 Å². The number of nitrogens with zero attached hydrogens (tertiary/aromatic N) is 1. The quantitative estimate of drug-likeness (QED) is 0.629. The maximum Gasteiger partial charge on any atom is 0.415 e. The summed E-state index contributed by atoms with van der Waals surface area (Å²) in [6.07, 6.45) is -0.275. The molecule has 1 aliphatic rings. The molecule has 0 fully saturated rings. The summed E-state index contributed by atoms with van der Waals surface area (Å²) in [4.78, 5) is 12.9. The molecule has 1 aliphatic heterocycles. The fraction of sp³-hybridized carbons (Fsp3) is 0.364. The number of carbonyl (C=O) groups is 1.